The molecule has 1 N–H and O–H groups in total. The molecule has 0 aliphatic rings. The third-order valence-corrected chi connectivity index (χ3v) is 4.61. The molecule has 3 aromatic rings. The minimum Gasteiger partial charge on any atom is -0.484 e. The molecule has 0 heterocycles. The van der Waals surface area contributed by atoms with E-state index in [-0.39, 0.29) is 12.4 Å². The predicted molar refractivity (Wildman–Crippen MR) is 118 cm³/mol. The van der Waals surface area contributed by atoms with Crippen molar-refractivity contribution in [3.05, 3.63) is 93.7 Å². The fourth-order valence-corrected chi connectivity index (χ4v) is 2.93. The summed E-state index contributed by atoms with van der Waals surface area (Å²) in [5.41, 5.74) is 4.07. The van der Waals surface area contributed by atoms with E-state index >= 15 is 0 Å². The Morgan fingerprint density at radius 1 is 1.10 bits per heavy atom. The van der Waals surface area contributed by atoms with Gasteiger partial charge in [-0.05, 0) is 61.0 Å². The fraction of sp³-hybridized carbons (Fsp3) is 0.0870. The molecule has 6 nitrogen and oxygen atoms in total. The summed E-state index contributed by atoms with van der Waals surface area (Å²) in [4.78, 5) is 24.4. The molecule has 31 heavy (non-hydrogen) atoms. The lowest BCUT2D eigenvalue weighted by Gasteiger charge is -2.09. The zero-order chi connectivity index (χ0) is 22.2. The first kappa shape index (κ1) is 22.2. The summed E-state index contributed by atoms with van der Waals surface area (Å²) in [6.45, 7) is 1.53. The first-order valence-electron chi connectivity index (χ1n) is 9.20. The van der Waals surface area contributed by atoms with Crippen molar-refractivity contribution in [1.82, 2.24) is 5.43 Å². The van der Waals surface area contributed by atoms with Crippen LogP contribution < -0.4 is 14.9 Å². The van der Waals surface area contributed by atoms with Crippen LogP contribution in [0.1, 0.15) is 21.5 Å². The summed E-state index contributed by atoms with van der Waals surface area (Å²) >= 11 is 3.36. The van der Waals surface area contributed by atoms with Gasteiger partial charge in [0.05, 0.1) is 11.8 Å². The molecule has 0 fully saturated rings. The van der Waals surface area contributed by atoms with Crippen molar-refractivity contribution in [1.29, 1.82) is 0 Å². The van der Waals surface area contributed by atoms with Crippen LogP contribution in [0, 0.1) is 12.7 Å². The molecule has 8 heteroatoms. The van der Waals surface area contributed by atoms with Crippen molar-refractivity contribution >= 4 is 34.0 Å². The lowest BCUT2D eigenvalue weighted by molar-refractivity contribution is -0.123. The molecular formula is C23H18BrFN2O4. The minimum absolute atomic E-state index is 0.289. The lowest BCUT2D eigenvalue weighted by Crippen LogP contribution is -2.24. The monoisotopic (exact) mass is 484 g/mol. The molecule has 0 radical (unpaired) electrons. The van der Waals surface area contributed by atoms with Crippen LogP contribution in [0.3, 0.4) is 0 Å². The van der Waals surface area contributed by atoms with Crippen molar-refractivity contribution in [2.75, 3.05) is 6.61 Å². The largest absolute Gasteiger partial charge is 0.484 e. The molecule has 0 aliphatic heterocycles. The Morgan fingerprint density at radius 3 is 2.58 bits per heavy atom. The molecule has 1 amide bonds. The van der Waals surface area contributed by atoms with Gasteiger partial charge in [-0.2, -0.15) is 5.10 Å². The van der Waals surface area contributed by atoms with Crippen LogP contribution >= 0.6 is 15.9 Å². The first-order valence-corrected chi connectivity index (χ1v) is 9.99. The smallest absolute Gasteiger partial charge is 0.343 e. The maximum absolute atomic E-state index is 12.9. The highest BCUT2D eigenvalue weighted by Crippen LogP contribution is 2.23. The van der Waals surface area contributed by atoms with Gasteiger partial charge >= 0.3 is 5.97 Å². The fourth-order valence-electron chi connectivity index (χ4n) is 2.56. The van der Waals surface area contributed by atoms with Crippen molar-refractivity contribution in [2.24, 2.45) is 5.10 Å². The summed E-state index contributed by atoms with van der Waals surface area (Å²) in [6, 6.07) is 17.5. The summed E-state index contributed by atoms with van der Waals surface area (Å²) in [5, 5.41) is 3.89. The highest BCUT2D eigenvalue weighted by atomic mass is 79.9. The zero-order valence-electron chi connectivity index (χ0n) is 16.5. The van der Waals surface area contributed by atoms with Gasteiger partial charge in [0.2, 0.25) is 0 Å². The van der Waals surface area contributed by atoms with E-state index in [0.717, 1.165) is 10.0 Å². The Kier molecular flexibility index (Phi) is 7.50. The number of rotatable bonds is 7. The van der Waals surface area contributed by atoms with Gasteiger partial charge in [0.1, 0.15) is 17.3 Å². The van der Waals surface area contributed by atoms with Crippen molar-refractivity contribution in [2.45, 2.75) is 6.92 Å². The highest BCUT2D eigenvalue weighted by molar-refractivity contribution is 9.10. The summed E-state index contributed by atoms with van der Waals surface area (Å²) in [5.74, 6) is -0.745. The number of carbonyl (C=O) groups is 2. The van der Waals surface area contributed by atoms with Crippen LogP contribution in [-0.4, -0.2) is 24.7 Å². The molecular weight excluding hydrogens is 467 g/mol. The Balaban J connectivity index is 1.62. The maximum atomic E-state index is 12.9. The van der Waals surface area contributed by atoms with Crippen LogP contribution in [0.15, 0.2) is 76.3 Å². The second kappa shape index (κ2) is 10.5. The molecule has 3 aromatic carbocycles. The van der Waals surface area contributed by atoms with Gasteiger partial charge in [0, 0.05) is 10.0 Å². The number of amides is 1. The topological polar surface area (TPSA) is 77.0 Å². The molecule has 0 bridgehead atoms. The Bertz CT molecular complexity index is 1120. The molecule has 0 saturated heterocycles. The van der Waals surface area contributed by atoms with Crippen LogP contribution in [0.4, 0.5) is 4.39 Å². The van der Waals surface area contributed by atoms with E-state index in [9.17, 15) is 14.0 Å². The van der Waals surface area contributed by atoms with Crippen LogP contribution in [0.25, 0.3) is 0 Å². The number of carbonyl (C=O) groups excluding carboxylic acids is 2. The van der Waals surface area contributed by atoms with Gasteiger partial charge in [-0.1, -0.05) is 34.1 Å². The van der Waals surface area contributed by atoms with E-state index in [1.807, 2.05) is 19.1 Å². The normalized spacial score (nSPS) is 10.7. The number of nitrogens with zero attached hydrogens (tertiary/aromatic N) is 1. The quantitative estimate of drug-likeness (QED) is 0.229. The van der Waals surface area contributed by atoms with Crippen LogP contribution in [0.5, 0.6) is 11.5 Å². The average Bonchev–Trinajstić information content (AvgIpc) is 2.75. The van der Waals surface area contributed by atoms with E-state index in [1.165, 1.54) is 30.5 Å². The third kappa shape index (κ3) is 6.48. The SMILES string of the molecule is Cc1ccccc1C(=O)Oc1ccc(Br)cc1/C=N/NC(=O)COc1ccc(F)cc1. The number of nitrogens with one attached hydrogen (secondary N) is 1. The zero-order valence-corrected chi connectivity index (χ0v) is 18.1. The van der Waals surface area contributed by atoms with E-state index in [0.29, 0.717) is 16.9 Å². The molecule has 158 valence electrons. The van der Waals surface area contributed by atoms with E-state index < -0.39 is 17.7 Å². The minimum atomic E-state index is -0.506. The Hall–Kier alpha value is -3.52. The number of aryl methyl sites for hydroxylation is 1. The molecule has 0 aromatic heterocycles. The molecule has 0 spiro atoms. The van der Waals surface area contributed by atoms with E-state index in [4.69, 9.17) is 9.47 Å². The van der Waals surface area contributed by atoms with Crippen molar-refractivity contribution in [3.8, 4) is 11.5 Å². The maximum Gasteiger partial charge on any atom is 0.343 e. The molecule has 0 aliphatic carbocycles. The standard InChI is InChI=1S/C23H18BrFN2O4/c1-15-4-2-3-5-20(15)23(29)31-21-11-6-17(24)12-16(21)13-26-27-22(28)14-30-19-9-7-18(25)8-10-19/h2-13H,14H2,1H3,(H,27,28)/b26-13+. The van der Waals surface area contributed by atoms with E-state index in [2.05, 4.69) is 26.5 Å². The second-order valence-electron chi connectivity index (χ2n) is 6.42. The Morgan fingerprint density at radius 2 is 1.84 bits per heavy atom. The van der Waals surface area contributed by atoms with Crippen LogP contribution in [-0.2, 0) is 4.79 Å². The summed E-state index contributed by atoms with van der Waals surface area (Å²) < 4.78 is 24.4. The number of hydrazone groups is 1. The number of esters is 1. The summed E-state index contributed by atoms with van der Waals surface area (Å²) in [6.07, 6.45) is 1.36. The number of halogens is 2. The number of hydrogen-bond donors (Lipinski definition) is 1. The second-order valence-corrected chi connectivity index (χ2v) is 7.34. The van der Waals surface area contributed by atoms with Gasteiger partial charge in [-0.3, -0.25) is 4.79 Å². The van der Waals surface area contributed by atoms with Gasteiger partial charge in [0.25, 0.3) is 5.91 Å². The van der Waals surface area contributed by atoms with Gasteiger partial charge in [-0.15, -0.1) is 0 Å². The van der Waals surface area contributed by atoms with Gasteiger partial charge in [0.15, 0.2) is 6.61 Å². The van der Waals surface area contributed by atoms with Crippen molar-refractivity contribution < 1.29 is 23.5 Å². The molecule has 0 unspecified atom stereocenters. The van der Waals surface area contributed by atoms with E-state index in [1.54, 1.807) is 30.3 Å². The molecule has 3 rings (SSSR count). The lowest BCUT2D eigenvalue weighted by atomic mass is 10.1. The van der Waals surface area contributed by atoms with Crippen molar-refractivity contribution in [3.63, 3.8) is 0 Å². The number of benzene rings is 3. The molecule has 0 saturated carbocycles. The number of hydrogen-bond acceptors (Lipinski definition) is 5. The predicted octanol–water partition coefficient (Wildman–Crippen LogP) is 4.64. The average molecular weight is 485 g/mol. The first-order chi connectivity index (χ1) is 14.9. The Labute approximate surface area is 186 Å². The third-order valence-electron chi connectivity index (χ3n) is 4.12. The van der Waals surface area contributed by atoms with Crippen LogP contribution in [0.2, 0.25) is 0 Å². The van der Waals surface area contributed by atoms with Gasteiger partial charge < -0.3 is 9.47 Å². The number of ether oxygens (including phenoxy) is 2. The summed E-state index contributed by atoms with van der Waals surface area (Å²) in [7, 11) is 0. The highest BCUT2D eigenvalue weighted by Gasteiger charge is 2.13. The van der Waals surface area contributed by atoms with Gasteiger partial charge in [-0.25, -0.2) is 14.6 Å². The molecule has 0 atom stereocenters.